The first kappa shape index (κ1) is 14.3. The summed E-state index contributed by atoms with van der Waals surface area (Å²) in [6.45, 7) is 2.33. The van der Waals surface area contributed by atoms with Gasteiger partial charge in [0.15, 0.2) is 0 Å². The number of benzene rings is 2. The van der Waals surface area contributed by atoms with E-state index in [1.54, 1.807) is 6.92 Å². The van der Waals surface area contributed by atoms with Crippen molar-refractivity contribution in [2.75, 3.05) is 7.05 Å². The number of carboxylic acid groups (broad SMARTS) is 1. The molecule has 0 radical (unpaired) electrons. The molecule has 0 heterocycles. The summed E-state index contributed by atoms with van der Waals surface area (Å²) < 4.78 is 0. The highest BCUT2D eigenvalue weighted by Gasteiger charge is 2.39. The number of carboxylic acids is 1. The second-order valence-electron chi connectivity index (χ2n) is 5.09. The van der Waals surface area contributed by atoms with Gasteiger partial charge >= 0.3 is 5.97 Å². The molecular weight excluding hydrogens is 250 g/mol. The summed E-state index contributed by atoms with van der Waals surface area (Å²) >= 11 is 0. The maximum atomic E-state index is 11.8. The highest BCUT2D eigenvalue weighted by molar-refractivity contribution is 5.80. The van der Waals surface area contributed by atoms with Crippen LogP contribution in [0, 0.1) is 0 Å². The minimum absolute atomic E-state index is 0.582. The average molecular weight is 269 g/mol. The third-order valence-corrected chi connectivity index (χ3v) is 3.78. The summed E-state index contributed by atoms with van der Waals surface area (Å²) in [6, 6.07) is 19.2. The maximum Gasteiger partial charge on any atom is 0.328 e. The zero-order valence-corrected chi connectivity index (χ0v) is 11.8. The highest BCUT2D eigenvalue weighted by Crippen LogP contribution is 2.28. The molecule has 2 rings (SSSR count). The third-order valence-electron chi connectivity index (χ3n) is 3.78. The van der Waals surface area contributed by atoms with Crippen LogP contribution < -0.4 is 0 Å². The summed E-state index contributed by atoms with van der Waals surface area (Å²) in [6.07, 6.45) is 0. The molecule has 0 fully saturated rings. The second kappa shape index (κ2) is 5.88. The van der Waals surface area contributed by atoms with E-state index in [0.717, 1.165) is 11.1 Å². The van der Waals surface area contributed by atoms with E-state index in [1.807, 2.05) is 72.6 Å². The Labute approximate surface area is 119 Å². The molecular formula is C17H19NO2. The predicted octanol–water partition coefficient (Wildman–Crippen LogP) is 3.12. The summed E-state index contributed by atoms with van der Waals surface area (Å²) in [5.74, 6) is -0.845. The molecule has 3 nitrogen and oxygen atoms in total. The van der Waals surface area contributed by atoms with Crippen molar-refractivity contribution in [3.8, 4) is 0 Å². The van der Waals surface area contributed by atoms with Crippen molar-refractivity contribution in [1.29, 1.82) is 0 Å². The maximum absolute atomic E-state index is 11.8. The van der Waals surface area contributed by atoms with Crippen LogP contribution in [0.2, 0.25) is 0 Å². The van der Waals surface area contributed by atoms with Gasteiger partial charge in [0, 0.05) is 6.54 Å². The fourth-order valence-corrected chi connectivity index (χ4v) is 2.29. The van der Waals surface area contributed by atoms with E-state index < -0.39 is 11.5 Å². The summed E-state index contributed by atoms with van der Waals surface area (Å²) in [4.78, 5) is 13.7. The fourth-order valence-electron chi connectivity index (χ4n) is 2.29. The molecule has 20 heavy (non-hydrogen) atoms. The van der Waals surface area contributed by atoms with Crippen molar-refractivity contribution >= 4 is 5.97 Å². The highest BCUT2D eigenvalue weighted by atomic mass is 16.4. The van der Waals surface area contributed by atoms with E-state index in [4.69, 9.17) is 0 Å². The summed E-state index contributed by atoms with van der Waals surface area (Å²) in [7, 11) is 1.84. The van der Waals surface area contributed by atoms with Crippen LogP contribution in [0.1, 0.15) is 18.1 Å². The zero-order chi connectivity index (χ0) is 14.6. The number of likely N-dealkylation sites (N-methyl/N-ethyl adjacent to an activating group) is 1. The Balaban J connectivity index is 2.31. The van der Waals surface area contributed by atoms with Gasteiger partial charge in [-0.3, -0.25) is 4.90 Å². The molecule has 0 saturated heterocycles. The van der Waals surface area contributed by atoms with Crippen molar-refractivity contribution in [1.82, 2.24) is 4.90 Å². The molecule has 0 aromatic heterocycles. The monoisotopic (exact) mass is 269 g/mol. The van der Waals surface area contributed by atoms with Crippen LogP contribution in [0.15, 0.2) is 60.7 Å². The molecule has 3 heteroatoms. The van der Waals surface area contributed by atoms with Crippen molar-refractivity contribution in [3.63, 3.8) is 0 Å². The Hall–Kier alpha value is -2.13. The number of carbonyl (C=O) groups is 1. The first-order valence-electron chi connectivity index (χ1n) is 6.59. The van der Waals surface area contributed by atoms with Crippen molar-refractivity contribution in [2.45, 2.75) is 19.0 Å². The lowest BCUT2D eigenvalue weighted by molar-refractivity contribution is -0.150. The molecule has 0 saturated carbocycles. The van der Waals surface area contributed by atoms with Crippen LogP contribution in [0.4, 0.5) is 0 Å². The first-order valence-corrected chi connectivity index (χ1v) is 6.59. The van der Waals surface area contributed by atoms with Crippen LogP contribution in [-0.4, -0.2) is 23.0 Å². The van der Waals surface area contributed by atoms with Crippen LogP contribution >= 0.6 is 0 Å². The van der Waals surface area contributed by atoms with Crippen molar-refractivity contribution < 1.29 is 9.90 Å². The van der Waals surface area contributed by atoms with Gasteiger partial charge in [0.2, 0.25) is 0 Å². The first-order chi connectivity index (χ1) is 9.55. The smallest absolute Gasteiger partial charge is 0.328 e. The molecule has 0 amide bonds. The summed E-state index contributed by atoms with van der Waals surface area (Å²) in [5.41, 5.74) is 0.834. The molecule has 104 valence electrons. The van der Waals surface area contributed by atoms with Crippen LogP contribution in [0.5, 0.6) is 0 Å². The van der Waals surface area contributed by atoms with Gasteiger partial charge in [-0.15, -0.1) is 0 Å². The lowest BCUT2D eigenvalue weighted by atomic mass is 9.90. The quantitative estimate of drug-likeness (QED) is 0.906. The Morgan fingerprint density at radius 2 is 1.55 bits per heavy atom. The van der Waals surface area contributed by atoms with Gasteiger partial charge in [-0.25, -0.2) is 4.79 Å². The Kier molecular flexibility index (Phi) is 4.20. The SMILES string of the molecule is CN(Cc1ccccc1)[C@@](C)(C(=O)O)c1ccccc1. The van der Waals surface area contributed by atoms with Gasteiger partial charge in [0.25, 0.3) is 0 Å². The van der Waals surface area contributed by atoms with E-state index in [1.165, 1.54) is 0 Å². The van der Waals surface area contributed by atoms with Crippen molar-refractivity contribution in [2.24, 2.45) is 0 Å². The number of rotatable bonds is 5. The Bertz CT molecular complexity index is 568. The van der Waals surface area contributed by atoms with E-state index in [9.17, 15) is 9.90 Å². The number of aliphatic carboxylic acids is 1. The molecule has 2 aromatic rings. The van der Waals surface area contributed by atoms with Crippen molar-refractivity contribution in [3.05, 3.63) is 71.8 Å². The fraction of sp³-hybridized carbons (Fsp3) is 0.235. The molecule has 0 bridgehead atoms. The molecule has 0 spiro atoms. The molecule has 0 unspecified atom stereocenters. The third kappa shape index (κ3) is 2.73. The normalized spacial score (nSPS) is 13.9. The van der Waals surface area contributed by atoms with Gasteiger partial charge < -0.3 is 5.11 Å². The number of hydrogen-bond acceptors (Lipinski definition) is 2. The van der Waals surface area contributed by atoms with E-state index >= 15 is 0 Å². The minimum Gasteiger partial charge on any atom is -0.480 e. The number of hydrogen-bond donors (Lipinski definition) is 1. The second-order valence-corrected chi connectivity index (χ2v) is 5.09. The Morgan fingerprint density at radius 3 is 2.05 bits per heavy atom. The molecule has 0 aliphatic carbocycles. The largest absolute Gasteiger partial charge is 0.480 e. The zero-order valence-electron chi connectivity index (χ0n) is 11.8. The van der Waals surface area contributed by atoms with E-state index in [0.29, 0.717) is 6.54 Å². The van der Waals surface area contributed by atoms with Gasteiger partial charge in [0.1, 0.15) is 5.54 Å². The van der Waals surface area contributed by atoms with Crippen LogP contribution in [0.25, 0.3) is 0 Å². The van der Waals surface area contributed by atoms with Gasteiger partial charge in [0.05, 0.1) is 0 Å². The lowest BCUT2D eigenvalue weighted by Crippen LogP contribution is -2.47. The molecule has 0 aliphatic heterocycles. The van der Waals surface area contributed by atoms with E-state index in [2.05, 4.69) is 0 Å². The van der Waals surface area contributed by atoms with Gasteiger partial charge in [-0.05, 0) is 25.1 Å². The Morgan fingerprint density at radius 1 is 1.05 bits per heavy atom. The molecule has 1 N–H and O–H groups in total. The van der Waals surface area contributed by atoms with E-state index in [-0.39, 0.29) is 0 Å². The number of nitrogens with zero attached hydrogens (tertiary/aromatic N) is 1. The topological polar surface area (TPSA) is 40.5 Å². The van der Waals surface area contributed by atoms with Crippen LogP contribution in [0.3, 0.4) is 0 Å². The predicted molar refractivity (Wildman–Crippen MR) is 79.3 cm³/mol. The van der Waals surface area contributed by atoms with Gasteiger partial charge in [-0.1, -0.05) is 60.7 Å². The van der Waals surface area contributed by atoms with Crippen LogP contribution in [-0.2, 0) is 16.9 Å². The average Bonchev–Trinajstić information content (AvgIpc) is 2.48. The molecule has 0 aliphatic rings. The van der Waals surface area contributed by atoms with Gasteiger partial charge in [-0.2, -0.15) is 0 Å². The molecule has 1 atom stereocenters. The summed E-state index contributed by atoms with van der Waals surface area (Å²) in [5, 5.41) is 9.69. The standard InChI is InChI=1S/C17H19NO2/c1-17(16(19)20,15-11-7-4-8-12-15)18(2)13-14-9-5-3-6-10-14/h3-12H,13H2,1-2H3,(H,19,20)/t17-/m1/s1. The minimum atomic E-state index is -1.04. The lowest BCUT2D eigenvalue weighted by Gasteiger charge is -2.35. The molecule has 2 aromatic carbocycles.